The van der Waals surface area contributed by atoms with Crippen LogP contribution in [0.5, 0.6) is 0 Å². The molecule has 126 valence electrons. The van der Waals surface area contributed by atoms with E-state index in [0.717, 1.165) is 5.69 Å². The van der Waals surface area contributed by atoms with E-state index in [4.69, 9.17) is 28.3 Å². The zero-order valence-electron chi connectivity index (χ0n) is 12.7. The molecule has 1 aromatic heterocycles. The standard InChI is InChI=1S/C17H12Cl2N4O2/c18-13-5-4-12(7-14(13)19)23-16-8-15(20-9-21-16)22-11-3-1-2-10(6-11)17(24)25/h1-9H,(H,24,25)(H2,20,21,22,23). The first-order valence-corrected chi connectivity index (χ1v) is 7.91. The number of nitrogens with zero attached hydrogens (tertiary/aromatic N) is 2. The maximum absolute atomic E-state index is 11.0. The molecule has 0 atom stereocenters. The van der Waals surface area contributed by atoms with E-state index in [9.17, 15) is 4.79 Å². The highest BCUT2D eigenvalue weighted by atomic mass is 35.5. The topological polar surface area (TPSA) is 87.1 Å². The number of hydrogen-bond donors (Lipinski definition) is 3. The van der Waals surface area contributed by atoms with Gasteiger partial charge in [0.05, 0.1) is 15.6 Å². The largest absolute Gasteiger partial charge is 0.478 e. The third kappa shape index (κ3) is 4.37. The van der Waals surface area contributed by atoms with Gasteiger partial charge >= 0.3 is 5.97 Å². The molecule has 0 fully saturated rings. The fourth-order valence-electron chi connectivity index (χ4n) is 2.09. The number of benzene rings is 2. The van der Waals surface area contributed by atoms with Crippen molar-refractivity contribution in [3.63, 3.8) is 0 Å². The summed E-state index contributed by atoms with van der Waals surface area (Å²) in [6.45, 7) is 0. The molecule has 3 rings (SSSR count). The maximum atomic E-state index is 11.0. The number of aromatic nitrogens is 2. The van der Waals surface area contributed by atoms with Crippen LogP contribution in [0, 0.1) is 0 Å². The Kier molecular flexibility index (Phi) is 5.02. The van der Waals surface area contributed by atoms with Crippen molar-refractivity contribution in [3.05, 3.63) is 70.5 Å². The van der Waals surface area contributed by atoms with Crippen LogP contribution in [0.25, 0.3) is 0 Å². The van der Waals surface area contributed by atoms with Crippen molar-refractivity contribution in [2.75, 3.05) is 10.6 Å². The smallest absolute Gasteiger partial charge is 0.335 e. The average Bonchev–Trinajstić information content (AvgIpc) is 2.59. The molecule has 0 unspecified atom stereocenters. The first-order valence-electron chi connectivity index (χ1n) is 7.16. The number of halogens is 2. The van der Waals surface area contributed by atoms with Crippen LogP contribution in [0.15, 0.2) is 54.9 Å². The summed E-state index contributed by atoms with van der Waals surface area (Å²) in [6.07, 6.45) is 1.39. The molecule has 0 spiro atoms. The number of aromatic carboxylic acids is 1. The molecule has 2 aromatic carbocycles. The minimum Gasteiger partial charge on any atom is -0.478 e. The van der Waals surface area contributed by atoms with Crippen molar-refractivity contribution in [2.24, 2.45) is 0 Å². The molecule has 3 N–H and O–H groups in total. The summed E-state index contributed by atoms with van der Waals surface area (Å²) in [5.41, 5.74) is 1.53. The molecule has 1 heterocycles. The Morgan fingerprint density at radius 3 is 2.20 bits per heavy atom. The van der Waals surface area contributed by atoms with Gasteiger partial charge < -0.3 is 15.7 Å². The highest BCUT2D eigenvalue weighted by molar-refractivity contribution is 6.42. The molecule has 0 radical (unpaired) electrons. The average molecular weight is 375 g/mol. The van der Waals surface area contributed by atoms with Gasteiger partial charge in [-0.05, 0) is 36.4 Å². The second-order valence-electron chi connectivity index (χ2n) is 5.05. The van der Waals surface area contributed by atoms with E-state index in [2.05, 4.69) is 20.6 Å². The third-order valence-electron chi connectivity index (χ3n) is 3.24. The molecule has 8 heteroatoms. The van der Waals surface area contributed by atoms with Gasteiger partial charge in [-0.25, -0.2) is 14.8 Å². The van der Waals surface area contributed by atoms with Crippen molar-refractivity contribution in [1.29, 1.82) is 0 Å². The summed E-state index contributed by atoms with van der Waals surface area (Å²) in [6, 6.07) is 13.3. The Bertz CT molecular complexity index is 934. The minimum atomic E-state index is -0.992. The summed E-state index contributed by atoms with van der Waals surface area (Å²) in [7, 11) is 0. The summed E-state index contributed by atoms with van der Waals surface area (Å²) < 4.78 is 0. The molecule has 0 bridgehead atoms. The van der Waals surface area contributed by atoms with Gasteiger partial charge in [0.2, 0.25) is 0 Å². The van der Waals surface area contributed by atoms with Crippen LogP contribution >= 0.6 is 23.2 Å². The first kappa shape index (κ1) is 17.0. The number of carbonyl (C=O) groups is 1. The summed E-state index contributed by atoms with van der Waals surface area (Å²) in [5.74, 6) is 0.0682. The van der Waals surface area contributed by atoms with E-state index in [1.54, 1.807) is 36.4 Å². The highest BCUT2D eigenvalue weighted by Gasteiger charge is 2.05. The quantitative estimate of drug-likeness (QED) is 0.584. The number of hydrogen-bond acceptors (Lipinski definition) is 5. The van der Waals surface area contributed by atoms with Crippen molar-refractivity contribution in [1.82, 2.24) is 9.97 Å². The van der Waals surface area contributed by atoms with Gasteiger partial charge in [0, 0.05) is 17.4 Å². The van der Waals surface area contributed by atoms with Crippen LogP contribution in [0.1, 0.15) is 10.4 Å². The number of carboxylic acids is 1. The molecular formula is C17H12Cl2N4O2. The molecule has 0 saturated heterocycles. The predicted octanol–water partition coefficient (Wildman–Crippen LogP) is 4.97. The highest BCUT2D eigenvalue weighted by Crippen LogP contribution is 2.27. The van der Waals surface area contributed by atoms with Crippen molar-refractivity contribution >= 4 is 52.2 Å². The first-order chi connectivity index (χ1) is 12.0. The SMILES string of the molecule is O=C(O)c1cccc(Nc2cc(Nc3ccc(Cl)c(Cl)c3)ncn2)c1. The zero-order valence-corrected chi connectivity index (χ0v) is 14.2. The van der Waals surface area contributed by atoms with Crippen LogP contribution < -0.4 is 10.6 Å². The summed E-state index contributed by atoms with van der Waals surface area (Å²) in [4.78, 5) is 19.3. The van der Waals surface area contributed by atoms with Crippen LogP contribution in [0.2, 0.25) is 10.0 Å². The maximum Gasteiger partial charge on any atom is 0.335 e. The van der Waals surface area contributed by atoms with E-state index in [1.807, 2.05) is 0 Å². The van der Waals surface area contributed by atoms with Crippen molar-refractivity contribution in [2.45, 2.75) is 0 Å². The Hall–Kier alpha value is -2.83. The van der Waals surface area contributed by atoms with Crippen LogP contribution in [0.3, 0.4) is 0 Å². The normalized spacial score (nSPS) is 10.3. The van der Waals surface area contributed by atoms with E-state index in [1.165, 1.54) is 18.5 Å². The monoisotopic (exact) mass is 374 g/mol. The number of anilines is 4. The second kappa shape index (κ2) is 7.38. The molecule has 0 amide bonds. The molecule has 6 nitrogen and oxygen atoms in total. The van der Waals surface area contributed by atoms with Crippen molar-refractivity contribution in [3.8, 4) is 0 Å². The fourth-order valence-corrected chi connectivity index (χ4v) is 2.39. The van der Waals surface area contributed by atoms with Gasteiger partial charge in [0.25, 0.3) is 0 Å². The lowest BCUT2D eigenvalue weighted by molar-refractivity contribution is 0.0697. The zero-order chi connectivity index (χ0) is 17.8. The Morgan fingerprint density at radius 1 is 0.880 bits per heavy atom. The van der Waals surface area contributed by atoms with E-state index in [0.29, 0.717) is 27.4 Å². The van der Waals surface area contributed by atoms with Gasteiger partial charge in [-0.15, -0.1) is 0 Å². The van der Waals surface area contributed by atoms with E-state index < -0.39 is 5.97 Å². The number of nitrogens with one attached hydrogen (secondary N) is 2. The fraction of sp³-hybridized carbons (Fsp3) is 0. The molecule has 0 aliphatic rings. The summed E-state index contributed by atoms with van der Waals surface area (Å²) >= 11 is 11.9. The predicted molar refractivity (Wildman–Crippen MR) is 98.5 cm³/mol. The van der Waals surface area contributed by atoms with Crippen molar-refractivity contribution < 1.29 is 9.90 Å². The third-order valence-corrected chi connectivity index (χ3v) is 3.98. The van der Waals surface area contributed by atoms with Gasteiger partial charge in [-0.1, -0.05) is 29.3 Å². The van der Waals surface area contributed by atoms with Crippen LogP contribution in [-0.2, 0) is 0 Å². The molecule has 3 aromatic rings. The molecular weight excluding hydrogens is 363 g/mol. The molecule has 0 saturated carbocycles. The molecule has 0 aliphatic heterocycles. The minimum absolute atomic E-state index is 0.188. The van der Waals surface area contributed by atoms with E-state index >= 15 is 0 Å². The molecule has 0 aliphatic carbocycles. The Labute approximate surface area is 153 Å². The lowest BCUT2D eigenvalue weighted by Gasteiger charge is -2.09. The van der Waals surface area contributed by atoms with Gasteiger partial charge in [0.15, 0.2) is 0 Å². The number of rotatable bonds is 5. The lowest BCUT2D eigenvalue weighted by Crippen LogP contribution is -2.00. The Morgan fingerprint density at radius 2 is 1.56 bits per heavy atom. The number of carboxylic acid groups (broad SMARTS) is 1. The van der Waals surface area contributed by atoms with Gasteiger partial charge in [0.1, 0.15) is 18.0 Å². The van der Waals surface area contributed by atoms with Gasteiger partial charge in [-0.2, -0.15) is 0 Å². The van der Waals surface area contributed by atoms with E-state index in [-0.39, 0.29) is 5.56 Å². The Balaban J connectivity index is 1.78. The summed E-state index contributed by atoms with van der Waals surface area (Å²) in [5, 5.41) is 16.1. The lowest BCUT2D eigenvalue weighted by atomic mass is 10.2. The second-order valence-corrected chi connectivity index (χ2v) is 5.87. The van der Waals surface area contributed by atoms with Gasteiger partial charge in [-0.3, -0.25) is 0 Å². The van der Waals surface area contributed by atoms with Crippen LogP contribution in [-0.4, -0.2) is 21.0 Å². The van der Waals surface area contributed by atoms with Crippen LogP contribution in [0.4, 0.5) is 23.0 Å². The molecule has 25 heavy (non-hydrogen) atoms.